The Bertz CT molecular complexity index is 1360. The minimum absolute atomic E-state index is 0.176. The van der Waals surface area contributed by atoms with Crippen LogP contribution in [0.2, 0.25) is 10.0 Å². The number of amidine groups is 1. The topological polar surface area (TPSA) is 97.2 Å². The summed E-state index contributed by atoms with van der Waals surface area (Å²) in [6.45, 7) is 0.176. The second-order valence-electron chi connectivity index (χ2n) is 7.22. The lowest BCUT2D eigenvalue weighted by Crippen LogP contribution is -2.19. The van der Waals surface area contributed by atoms with E-state index in [1.165, 1.54) is 19.2 Å². The molecule has 0 atom stereocenters. The van der Waals surface area contributed by atoms with E-state index >= 15 is 0 Å². The summed E-state index contributed by atoms with van der Waals surface area (Å²) < 4.78 is 11.5. The quantitative estimate of drug-likeness (QED) is 0.356. The van der Waals surface area contributed by atoms with Gasteiger partial charge in [-0.1, -0.05) is 53.5 Å². The Labute approximate surface area is 215 Å². The smallest absolute Gasteiger partial charge is 0.335 e. The first-order valence-electron chi connectivity index (χ1n) is 10.2. The van der Waals surface area contributed by atoms with Crippen LogP contribution in [-0.4, -0.2) is 29.3 Å². The molecule has 0 spiro atoms. The molecule has 1 amide bonds. The van der Waals surface area contributed by atoms with E-state index in [9.17, 15) is 9.59 Å². The van der Waals surface area contributed by atoms with Gasteiger partial charge < -0.3 is 19.9 Å². The zero-order valence-corrected chi connectivity index (χ0v) is 20.6. The molecule has 1 aliphatic rings. The minimum Gasteiger partial charge on any atom is -0.493 e. The van der Waals surface area contributed by atoms with Crippen molar-refractivity contribution in [3.63, 3.8) is 0 Å². The van der Waals surface area contributed by atoms with Gasteiger partial charge in [0.15, 0.2) is 16.7 Å². The Hall–Kier alpha value is -3.46. The Morgan fingerprint density at radius 2 is 1.86 bits per heavy atom. The number of methoxy groups -OCH3 is 1. The van der Waals surface area contributed by atoms with Crippen molar-refractivity contribution in [1.29, 1.82) is 0 Å². The lowest BCUT2D eigenvalue weighted by Gasteiger charge is -2.14. The molecule has 3 aromatic rings. The first-order chi connectivity index (χ1) is 16.9. The van der Waals surface area contributed by atoms with Crippen LogP contribution in [0.25, 0.3) is 6.08 Å². The molecule has 0 aliphatic carbocycles. The largest absolute Gasteiger partial charge is 0.493 e. The van der Waals surface area contributed by atoms with Crippen LogP contribution in [0.4, 0.5) is 5.69 Å². The number of thioether (sulfide) groups is 1. The number of halogens is 2. The number of carbonyl (C=O) groups excluding carboxylic acids is 1. The molecule has 178 valence electrons. The third kappa shape index (κ3) is 5.79. The van der Waals surface area contributed by atoms with Gasteiger partial charge in [-0.2, -0.15) is 0 Å². The molecule has 1 fully saturated rings. The number of amides is 1. The summed E-state index contributed by atoms with van der Waals surface area (Å²) in [7, 11) is 1.53. The number of nitrogens with one attached hydrogen (secondary N) is 1. The van der Waals surface area contributed by atoms with E-state index in [0.29, 0.717) is 42.9 Å². The number of rotatable bonds is 7. The summed E-state index contributed by atoms with van der Waals surface area (Å²) in [5.41, 5.74) is 2.05. The maximum absolute atomic E-state index is 12.6. The maximum atomic E-state index is 12.6. The number of hydrogen-bond donors (Lipinski definition) is 2. The Morgan fingerprint density at radius 1 is 1.11 bits per heavy atom. The highest BCUT2D eigenvalue weighted by Gasteiger charge is 2.25. The standard InChI is InChI=1S/C25H18Cl2N2O5S/c1-33-19-7-2-4-16(22(19)34-13-14-8-10-15(11-9-14)24(31)32)12-20-23(30)29-25(35-20)28-18-6-3-5-17(26)21(18)27/h2-12H,13H2,1H3,(H,31,32)(H,28,29,30)/b20-12-. The molecule has 1 aliphatic heterocycles. The molecular formula is C25H18Cl2N2O5S. The summed E-state index contributed by atoms with van der Waals surface area (Å²) in [6, 6.07) is 16.8. The molecule has 3 aromatic carbocycles. The zero-order valence-electron chi connectivity index (χ0n) is 18.2. The molecule has 0 saturated carbocycles. The number of nitrogens with zero attached hydrogens (tertiary/aromatic N) is 1. The summed E-state index contributed by atoms with van der Waals surface area (Å²) in [4.78, 5) is 28.5. The average molecular weight is 529 g/mol. The number of carboxylic acid groups (broad SMARTS) is 1. The molecule has 2 N–H and O–H groups in total. The molecule has 7 nitrogen and oxygen atoms in total. The Kier molecular flexibility index (Phi) is 7.65. The van der Waals surface area contributed by atoms with E-state index in [4.69, 9.17) is 37.8 Å². The van der Waals surface area contributed by atoms with Gasteiger partial charge in [0, 0.05) is 5.56 Å². The van der Waals surface area contributed by atoms with Gasteiger partial charge in [-0.3, -0.25) is 4.79 Å². The van der Waals surface area contributed by atoms with Gasteiger partial charge in [0.1, 0.15) is 6.61 Å². The van der Waals surface area contributed by atoms with Crippen LogP contribution >= 0.6 is 35.0 Å². The number of aliphatic imine (C=N–C) groups is 1. The monoisotopic (exact) mass is 528 g/mol. The van der Waals surface area contributed by atoms with Crippen LogP contribution in [0.15, 0.2) is 70.6 Å². The Morgan fingerprint density at radius 3 is 2.57 bits per heavy atom. The molecule has 0 bridgehead atoms. The van der Waals surface area contributed by atoms with Crippen LogP contribution in [0.5, 0.6) is 11.5 Å². The average Bonchev–Trinajstić information content (AvgIpc) is 3.19. The molecule has 1 saturated heterocycles. The van der Waals surface area contributed by atoms with Crippen molar-refractivity contribution < 1.29 is 24.2 Å². The van der Waals surface area contributed by atoms with E-state index in [2.05, 4.69) is 10.3 Å². The lowest BCUT2D eigenvalue weighted by molar-refractivity contribution is -0.115. The van der Waals surface area contributed by atoms with E-state index in [-0.39, 0.29) is 18.1 Å². The van der Waals surface area contributed by atoms with Crippen LogP contribution < -0.4 is 14.8 Å². The van der Waals surface area contributed by atoms with Crippen molar-refractivity contribution in [1.82, 2.24) is 5.32 Å². The van der Waals surface area contributed by atoms with Crippen LogP contribution in [-0.2, 0) is 11.4 Å². The predicted octanol–water partition coefficient (Wildman–Crippen LogP) is 6.17. The number of ether oxygens (including phenoxy) is 2. The van der Waals surface area contributed by atoms with Gasteiger partial charge >= 0.3 is 5.97 Å². The molecule has 0 aromatic heterocycles. The van der Waals surface area contributed by atoms with E-state index in [1.54, 1.807) is 54.6 Å². The predicted molar refractivity (Wildman–Crippen MR) is 138 cm³/mol. The number of carboxylic acids is 1. The van der Waals surface area contributed by atoms with Gasteiger partial charge in [0.05, 0.1) is 33.3 Å². The maximum Gasteiger partial charge on any atom is 0.335 e. The number of benzene rings is 3. The van der Waals surface area contributed by atoms with Gasteiger partial charge in [0.2, 0.25) is 0 Å². The molecule has 0 radical (unpaired) electrons. The first kappa shape index (κ1) is 24.7. The third-order valence-electron chi connectivity index (χ3n) is 4.90. The molecule has 0 unspecified atom stereocenters. The third-order valence-corrected chi connectivity index (χ3v) is 6.62. The fourth-order valence-electron chi connectivity index (χ4n) is 3.17. The molecule has 35 heavy (non-hydrogen) atoms. The highest BCUT2D eigenvalue weighted by Crippen LogP contribution is 2.37. The van der Waals surface area contributed by atoms with E-state index < -0.39 is 5.97 Å². The zero-order chi connectivity index (χ0) is 24.9. The van der Waals surface area contributed by atoms with Gasteiger partial charge in [-0.25, -0.2) is 9.79 Å². The molecule has 4 rings (SSSR count). The number of carbonyl (C=O) groups is 2. The molecule has 1 heterocycles. The lowest BCUT2D eigenvalue weighted by atomic mass is 10.1. The molecular weight excluding hydrogens is 511 g/mol. The van der Waals surface area contributed by atoms with E-state index in [0.717, 1.165) is 17.3 Å². The van der Waals surface area contributed by atoms with Crippen LogP contribution in [0.1, 0.15) is 21.5 Å². The van der Waals surface area contributed by atoms with E-state index in [1.807, 2.05) is 0 Å². The van der Waals surface area contributed by atoms with Crippen molar-refractivity contribution in [2.75, 3.05) is 7.11 Å². The van der Waals surface area contributed by atoms with Crippen molar-refractivity contribution in [2.24, 2.45) is 4.99 Å². The van der Waals surface area contributed by atoms with Crippen LogP contribution in [0, 0.1) is 0 Å². The summed E-state index contributed by atoms with van der Waals surface area (Å²) >= 11 is 13.4. The van der Waals surface area contributed by atoms with Gasteiger partial charge in [-0.15, -0.1) is 0 Å². The van der Waals surface area contributed by atoms with Crippen molar-refractivity contribution in [3.05, 3.63) is 92.3 Å². The fraction of sp³-hybridized carbons (Fsp3) is 0.0800. The Balaban J connectivity index is 1.58. The summed E-state index contributed by atoms with van der Waals surface area (Å²) in [5.74, 6) is -0.375. The number of aromatic carboxylic acids is 1. The highest BCUT2D eigenvalue weighted by atomic mass is 35.5. The van der Waals surface area contributed by atoms with Crippen molar-refractivity contribution >= 4 is 63.8 Å². The molecule has 10 heteroatoms. The first-order valence-corrected chi connectivity index (χ1v) is 11.8. The number of para-hydroxylation sites is 1. The van der Waals surface area contributed by atoms with Crippen molar-refractivity contribution in [2.45, 2.75) is 6.61 Å². The van der Waals surface area contributed by atoms with Gasteiger partial charge in [0.25, 0.3) is 5.91 Å². The summed E-state index contributed by atoms with van der Waals surface area (Å²) in [5, 5.41) is 12.8. The highest BCUT2D eigenvalue weighted by molar-refractivity contribution is 8.18. The van der Waals surface area contributed by atoms with Crippen LogP contribution in [0.3, 0.4) is 0 Å². The number of hydrogen-bond acceptors (Lipinski definition) is 6. The minimum atomic E-state index is -0.996. The van der Waals surface area contributed by atoms with Gasteiger partial charge in [-0.05, 0) is 53.7 Å². The van der Waals surface area contributed by atoms with Crippen molar-refractivity contribution in [3.8, 4) is 11.5 Å². The SMILES string of the molecule is COc1cccc(/C=C2\SC(=Nc3cccc(Cl)c3Cl)NC2=O)c1OCc1ccc(C(=O)O)cc1. The fourth-order valence-corrected chi connectivity index (χ4v) is 4.33. The normalized spacial score (nSPS) is 15.3. The summed E-state index contributed by atoms with van der Waals surface area (Å²) in [6.07, 6.45) is 1.69. The second kappa shape index (κ2) is 10.9. The second-order valence-corrected chi connectivity index (χ2v) is 9.04.